The van der Waals surface area contributed by atoms with Crippen LogP contribution in [0.3, 0.4) is 0 Å². The lowest BCUT2D eigenvalue weighted by Gasteiger charge is -2.19. The van der Waals surface area contributed by atoms with E-state index >= 15 is 0 Å². The van der Waals surface area contributed by atoms with Crippen molar-refractivity contribution in [3.05, 3.63) is 89.2 Å². The molecule has 0 unspecified atom stereocenters. The van der Waals surface area contributed by atoms with Crippen LogP contribution in [0.2, 0.25) is 0 Å². The normalized spacial score (nSPS) is 10.3. The molecule has 0 fully saturated rings. The number of carbonyl (C=O) groups excluding carboxylic acids is 1. The molecule has 3 aromatic carbocycles. The predicted octanol–water partition coefficient (Wildman–Crippen LogP) is 5.13. The second-order valence-corrected chi connectivity index (χ2v) is 7.42. The van der Waals surface area contributed by atoms with Crippen molar-refractivity contribution < 1.29 is 13.9 Å². The molecule has 29 heavy (non-hydrogen) atoms. The van der Waals surface area contributed by atoms with Gasteiger partial charge in [-0.25, -0.2) is 4.39 Å². The monoisotopic (exact) mass is 406 g/mol. The summed E-state index contributed by atoms with van der Waals surface area (Å²) in [7, 11) is 3.09. The van der Waals surface area contributed by atoms with Gasteiger partial charge in [0, 0.05) is 23.4 Å². The lowest BCUT2D eigenvalue weighted by Crippen LogP contribution is -2.26. The smallest absolute Gasteiger partial charge is 0.255 e. The molecule has 0 N–H and O–H groups in total. The quantitative estimate of drug-likeness (QED) is 0.569. The van der Waals surface area contributed by atoms with Crippen LogP contribution >= 0.6 is 11.8 Å². The van der Waals surface area contributed by atoms with Crippen LogP contribution in [0.4, 0.5) is 4.39 Å². The minimum Gasteiger partial charge on any atom is -0.494 e. The fraction of sp³-hybridized carbons (Fsp3) is 0.130. The molecule has 0 saturated heterocycles. The van der Waals surface area contributed by atoms with Gasteiger partial charge in [-0.3, -0.25) is 4.79 Å². The fourth-order valence-corrected chi connectivity index (χ4v) is 3.88. The number of nitriles is 1. The topological polar surface area (TPSA) is 53.3 Å². The van der Waals surface area contributed by atoms with Gasteiger partial charge in [-0.05, 0) is 42.0 Å². The van der Waals surface area contributed by atoms with Gasteiger partial charge < -0.3 is 9.64 Å². The Hall–Kier alpha value is -3.30. The standard InChI is InChI=1S/C23H19FN2O2S/c1-26(15-16-11-12-20(28-2)19(24)13-16)23(27)18-8-4-6-10-22(18)29-21-9-5-3-7-17(21)14-25/h3-13H,15H2,1-2H3. The van der Waals surface area contributed by atoms with Gasteiger partial charge in [0.25, 0.3) is 5.91 Å². The van der Waals surface area contributed by atoms with E-state index < -0.39 is 5.82 Å². The third-order valence-electron chi connectivity index (χ3n) is 4.33. The lowest BCUT2D eigenvalue weighted by atomic mass is 10.1. The Balaban J connectivity index is 1.82. The van der Waals surface area contributed by atoms with Crippen LogP contribution in [-0.2, 0) is 6.54 Å². The van der Waals surface area contributed by atoms with Crippen LogP contribution in [-0.4, -0.2) is 25.0 Å². The summed E-state index contributed by atoms with van der Waals surface area (Å²) in [6.07, 6.45) is 0. The van der Waals surface area contributed by atoms with Gasteiger partial charge in [-0.15, -0.1) is 0 Å². The highest BCUT2D eigenvalue weighted by Gasteiger charge is 2.18. The van der Waals surface area contributed by atoms with Crippen molar-refractivity contribution in [2.45, 2.75) is 16.3 Å². The van der Waals surface area contributed by atoms with Crippen molar-refractivity contribution in [2.24, 2.45) is 0 Å². The molecule has 0 saturated carbocycles. The Morgan fingerprint density at radius 2 is 1.79 bits per heavy atom. The zero-order chi connectivity index (χ0) is 20.8. The summed E-state index contributed by atoms with van der Waals surface area (Å²) in [6.45, 7) is 0.257. The fourth-order valence-electron chi connectivity index (χ4n) is 2.86. The molecule has 0 aliphatic heterocycles. The van der Waals surface area contributed by atoms with E-state index in [0.717, 1.165) is 9.79 Å². The van der Waals surface area contributed by atoms with Crippen LogP contribution in [0.15, 0.2) is 76.5 Å². The summed E-state index contributed by atoms with van der Waals surface area (Å²) in [5, 5.41) is 9.31. The zero-order valence-electron chi connectivity index (χ0n) is 16.1. The van der Waals surface area contributed by atoms with Crippen molar-refractivity contribution in [3.63, 3.8) is 0 Å². The van der Waals surface area contributed by atoms with Gasteiger partial charge in [0.05, 0.1) is 18.2 Å². The van der Waals surface area contributed by atoms with Gasteiger partial charge in [0.2, 0.25) is 0 Å². The van der Waals surface area contributed by atoms with E-state index in [1.807, 2.05) is 24.3 Å². The van der Waals surface area contributed by atoms with E-state index in [-0.39, 0.29) is 18.2 Å². The third-order valence-corrected chi connectivity index (χ3v) is 5.48. The molecule has 3 aromatic rings. The molecule has 0 aromatic heterocycles. The van der Waals surface area contributed by atoms with Crippen molar-refractivity contribution in [1.29, 1.82) is 5.26 Å². The highest BCUT2D eigenvalue weighted by molar-refractivity contribution is 7.99. The van der Waals surface area contributed by atoms with E-state index in [9.17, 15) is 14.4 Å². The first kappa shape index (κ1) is 20.4. The molecular formula is C23H19FN2O2S. The summed E-state index contributed by atoms with van der Waals surface area (Å²) < 4.78 is 18.9. The van der Waals surface area contributed by atoms with Crippen LogP contribution < -0.4 is 4.74 Å². The number of benzene rings is 3. The lowest BCUT2D eigenvalue weighted by molar-refractivity contribution is 0.0781. The number of halogens is 1. The van der Waals surface area contributed by atoms with Crippen LogP contribution in [0, 0.1) is 17.1 Å². The molecule has 0 atom stereocenters. The number of ether oxygens (including phenoxy) is 1. The Morgan fingerprint density at radius 1 is 1.10 bits per heavy atom. The number of nitrogens with zero attached hydrogens (tertiary/aromatic N) is 2. The van der Waals surface area contributed by atoms with Crippen LogP contribution in [0.1, 0.15) is 21.5 Å². The van der Waals surface area contributed by atoms with E-state index in [1.165, 1.54) is 29.8 Å². The van der Waals surface area contributed by atoms with Crippen LogP contribution in [0.5, 0.6) is 5.75 Å². The summed E-state index contributed by atoms with van der Waals surface area (Å²) in [5.41, 5.74) is 1.75. The Bertz CT molecular complexity index is 1080. The molecule has 0 aliphatic rings. The van der Waals surface area contributed by atoms with E-state index in [0.29, 0.717) is 16.7 Å². The first-order valence-electron chi connectivity index (χ1n) is 8.87. The summed E-state index contributed by atoms with van der Waals surface area (Å²) in [5.74, 6) is -0.477. The summed E-state index contributed by atoms with van der Waals surface area (Å²) in [4.78, 5) is 16.1. The molecule has 146 valence electrons. The maximum atomic E-state index is 13.9. The molecular weight excluding hydrogens is 387 g/mol. The molecule has 0 heterocycles. The van der Waals surface area contributed by atoms with Gasteiger partial charge in [-0.1, -0.05) is 42.1 Å². The van der Waals surface area contributed by atoms with Crippen molar-refractivity contribution >= 4 is 17.7 Å². The highest BCUT2D eigenvalue weighted by Crippen LogP contribution is 2.33. The minimum atomic E-state index is -0.463. The second-order valence-electron chi connectivity index (χ2n) is 6.34. The molecule has 3 rings (SSSR count). The number of carbonyl (C=O) groups is 1. The summed E-state index contributed by atoms with van der Waals surface area (Å²) >= 11 is 1.38. The first-order chi connectivity index (χ1) is 14.0. The number of methoxy groups -OCH3 is 1. The molecule has 6 heteroatoms. The third kappa shape index (κ3) is 4.76. The Kier molecular flexibility index (Phi) is 6.53. The van der Waals surface area contributed by atoms with Gasteiger partial charge in [-0.2, -0.15) is 5.26 Å². The number of amides is 1. The van der Waals surface area contributed by atoms with Crippen molar-refractivity contribution in [1.82, 2.24) is 4.90 Å². The predicted molar refractivity (Wildman–Crippen MR) is 110 cm³/mol. The average Bonchev–Trinajstić information content (AvgIpc) is 2.74. The highest BCUT2D eigenvalue weighted by atomic mass is 32.2. The average molecular weight is 406 g/mol. The molecule has 0 spiro atoms. The first-order valence-corrected chi connectivity index (χ1v) is 9.69. The Labute approximate surface area is 173 Å². The SMILES string of the molecule is COc1ccc(CN(C)C(=O)c2ccccc2Sc2ccccc2C#N)cc1F. The molecule has 1 amide bonds. The van der Waals surface area contributed by atoms with Gasteiger partial charge >= 0.3 is 0 Å². The minimum absolute atomic E-state index is 0.167. The van der Waals surface area contributed by atoms with Crippen molar-refractivity contribution in [3.8, 4) is 11.8 Å². The largest absolute Gasteiger partial charge is 0.494 e. The second kappa shape index (κ2) is 9.26. The van der Waals surface area contributed by atoms with Crippen LogP contribution in [0.25, 0.3) is 0 Å². The van der Waals surface area contributed by atoms with E-state index in [1.54, 1.807) is 43.4 Å². The van der Waals surface area contributed by atoms with Crippen molar-refractivity contribution in [2.75, 3.05) is 14.2 Å². The zero-order valence-corrected chi connectivity index (χ0v) is 16.9. The van der Waals surface area contributed by atoms with Gasteiger partial charge in [0.15, 0.2) is 11.6 Å². The maximum absolute atomic E-state index is 13.9. The Morgan fingerprint density at radius 3 is 2.48 bits per heavy atom. The maximum Gasteiger partial charge on any atom is 0.255 e. The van der Waals surface area contributed by atoms with Gasteiger partial charge in [0.1, 0.15) is 6.07 Å². The van der Waals surface area contributed by atoms with E-state index in [2.05, 4.69) is 6.07 Å². The van der Waals surface area contributed by atoms with E-state index in [4.69, 9.17) is 4.74 Å². The molecule has 4 nitrogen and oxygen atoms in total. The number of hydrogen-bond acceptors (Lipinski definition) is 4. The summed E-state index contributed by atoms with van der Waals surface area (Å²) in [6, 6.07) is 21.4. The number of rotatable bonds is 6. The molecule has 0 aliphatic carbocycles. The number of hydrogen-bond donors (Lipinski definition) is 0. The molecule has 0 bridgehead atoms. The molecule has 0 radical (unpaired) electrons.